The molecule has 256 valence electrons. The summed E-state index contributed by atoms with van der Waals surface area (Å²) in [4.78, 5) is 63.5. The van der Waals surface area contributed by atoms with Gasteiger partial charge in [-0.05, 0) is 80.3 Å². The van der Waals surface area contributed by atoms with E-state index in [1.807, 2.05) is 6.92 Å². The average molecular weight is 654 g/mol. The van der Waals surface area contributed by atoms with Crippen LogP contribution in [0.15, 0.2) is 42.0 Å². The first kappa shape index (κ1) is 34.9. The van der Waals surface area contributed by atoms with E-state index in [9.17, 15) is 39.3 Å². The molecule has 0 saturated heterocycles. The lowest BCUT2D eigenvalue weighted by Gasteiger charge is -2.60. The first-order valence-electron chi connectivity index (χ1n) is 16.8. The van der Waals surface area contributed by atoms with Gasteiger partial charge in [0.2, 0.25) is 11.7 Å². The highest BCUT2D eigenvalue weighted by Gasteiger charge is 2.68. The van der Waals surface area contributed by atoms with Crippen LogP contribution in [0, 0.1) is 28.6 Å². The summed E-state index contributed by atoms with van der Waals surface area (Å²) in [6, 6.07) is 6.92. The van der Waals surface area contributed by atoms with Crippen molar-refractivity contribution in [3.63, 3.8) is 0 Å². The van der Waals surface area contributed by atoms with E-state index in [2.05, 4.69) is 12.2 Å². The molecule has 0 aromatic heterocycles. The second-order valence-corrected chi connectivity index (χ2v) is 14.2. The van der Waals surface area contributed by atoms with Crippen molar-refractivity contribution in [3.8, 4) is 0 Å². The lowest BCUT2D eigenvalue weighted by Crippen LogP contribution is -2.62. The maximum atomic E-state index is 13.5. The van der Waals surface area contributed by atoms with Gasteiger partial charge in [0.15, 0.2) is 18.4 Å². The number of hydrogen-bond donors (Lipinski definition) is 4. The molecule has 1 aromatic carbocycles. The normalized spacial score (nSPS) is 34.1. The number of fused-ring (bicyclic) bond motifs is 5. The first-order chi connectivity index (χ1) is 22.2. The van der Waals surface area contributed by atoms with Gasteiger partial charge in [-0.2, -0.15) is 0 Å². The molecule has 4 aliphatic rings. The minimum Gasteiger partial charge on any atom is -0.464 e. The molecule has 0 aliphatic heterocycles. The number of ketones is 2. The molecule has 0 unspecified atom stereocenters. The van der Waals surface area contributed by atoms with Crippen molar-refractivity contribution < 1.29 is 48.8 Å². The van der Waals surface area contributed by atoms with E-state index in [0.717, 1.165) is 18.4 Å². The summed E-state index contributed by atoms with van der Waals surface area (Å²) in [6.07, 6.45) is 2.55. The van der Waals surface area contributed by atoms with E-state index >= 15 is 0 Å². The number of rotatable bonds is 11. The lowest BCUT2D eigenvalue weighted by atomic mass is 9.45. The van der Waals surface area contributed by atoms with Crippen molar-refractivity contribution in [3.05, 3.63) is 47.5 Å². The second-order valence-electron chi connectivity index (χ2n) is 14.2. The molecule has 1 amide bonds. The number of ether oxygens (including phenoxy) is 2. The van der Waals surface area contributed by atoms with Gasteiger partial charge >= 0.3 is 11.9 Å². The van der Waals surface area contributed by atoms with Crippen LogP contribution in [-0.4, -0.2) is 75.7 Å². The number of esters is 2. The fraction of sp³-hybridized carbons (Fsp3) is 0.639. The quantitative estimate of drug-likeness (QED) is 0.260. The van der Waals surface area contributed by atoms with Crippen molar-refractivity contribution in [2.75, 3.05) is 13.2 Å². The lowest BCUT2D eigenvalue weighted by molar-refractivity contribution is -0.184. The molecule has 4 N–H and O–H groups in total. The van der Waals surface area contributed by atoms with E-state index in [0.29, 0.717) is 24.8 Å². The summed E-state index contributed by atoms with van der Waals surface area (Å²) in [7, 11) is 0. The van der Waals surface area contributed by atoms with Crippen LogP contribution < -0.4 is 5.32 Å². The minimum atomic E-state index is -1.79. The van der Waals surface area contributed by atoms with Crippen molar-refractivity contribution in [1.82, 2.24) is 5.32 Å². The highest BCUT2D eigenvalue weighted by molar-refractivity contribution is 5.92. The molecule has 5 rings (SSSR count). The van der Waals surface area contributed by atoms with Gasteiger partial charge in [0.05, 0.1) is 19.1 Å². The number of Topliss-reactive ketones (excluding diaryl/α,β-unsaturated/α-hetero) is 1. The van der Waals surface area contributed by atoms with Crippen molar-refractivity contribution in [2.45, 2.75) is 102 Å². The summed E-state index contributed by atoms with van der Waals surface area (Å²) in [5.41, 5.74) is -1.50. The van der Waals surface area contributed by atoms with Crippen LogP contribution in [0.3, 0.4) is 0 Å². The predicted molar refractivity (Wildman–Crippen MR) is 168 cm³/mol. The third-order valence-electron chi connectivity index (χ3n) is 11.7. The third-order valence-corrected chi connectivity index (χ3v) is 11.7. The van der Waals surface area contributed by atoms with Gasteiger partial charge in [0, 0.05) is 18.3 Å². The van der Waals surface area contributed by atoms with Gasteiger partial charge in [0.25, 0.3) is 0 Å². The summed E-state index contributed by atoms with van der Waals surface area (Å²) in [5.74, 6) is -2.85. The highest BCUT2D eigenvalue weighted by atomic mass is 16.5. The SMILES string of the molecule is CCOC(=O)[C@H](NC(=O)CCC(=O)OCC(=O)[C@@]1(O)CC[C@@H]2[C@@H]3CCC4=CC(=O)CC[C@]4(C)[C@@H]3[C@H](O)C[C@@]21C)[C@@H](O)c1ccccc1. The molecule has 9 atom stereocenters. The van der Waals surface area contributed by atoms with Crippen LogP contribution in [0.4, 0.5) is 0 Å². The Bertz CT molecular complexity index is 1430. The van der Waals surface area contributed by atoms with E-state index in [1.54, 1.807) is 43.3 Å². The number of benzene rings is 1. The van der Waals surface area contributed by atoms with Gasteiger partial charge in [-0.25, -0.2) is 4.79 Å². The standard InChI is InChI=1S/C36H47NO10/c1-4-46-33(44)31(32(43)21-8-6-5-7-9-21)37-28(41)12-13-29(42)47-20-27(40)36(45)17-15-25-24-11-10-22-18-23(38)14-16-34(22,2)30(24)26(39)19-35(25,36)3/h5-9,18,24-26,30-32,39,43,45H,4,10-17,19-20H2,1-3H3,(H,37,41)/t24-,25+,26+,30-,31+,32-,34-,35-,36-/m0/s1. The minimum absolute atomic E-state index is 0.0150. The maximum absolute atomic E-state index is 13.5. The van der Waals surface area contributed by atoms with Crippen LogP contribution in [0.1, 0.15) is 90.2 Å². The molecule has 47 heavy (non-hydrogen) atoms. The Kier molecular flexibility index (Phi) is 10.1. The Morgan fingerprint density at radius 1 is 1.02 bits per heavy atom. The Labute approximate surface area is 275 Å². The smallest absolute Gasteiger partial charge is 0.331 e. The Hall–Kier alpha value is -3.41. The van der Waals surface area contributed by atoms with Gasteiger partial charge < -0.3 is 30.1 Å². The van der Waals surface area contributed by atoms with E-state index in [1.165, 1.54) is 0 Å². The molecular weight excluding hydrogens is 606 g/mol. The molecule has 0 heterocycles. The van der Waals surface area contributed by atoms with Gasteiger partial charge in [-0.3, -0.25) is 19.2 Å². The molecule has 3 fully saturated rings. The van der Waals surface area contributed by atoms with Crippen molar-refractivity contribution in [2.24, 2.45) is 28.6 Å². The molecule has 11 nitrogen and oxygen atoms in total. The average Bonchev–Trinajstić information content (AvgIpc) is 3.32. The largest absolute Gasteiger partial charge is 0.464 e. The molecule has 3 saturated carbocycles. The maximum Gasteiger partial charge on any atom is 0.331 e. The van der Waals surface area contributed by atoms with Crippen molar-refractivity contribution >= 4 is 29.4 Å². The number of aliphatic hydroxyl groups excluding tert-OH is 2. The number of carbonyl (C=O) groups is 5. The van der Waals surface area contributed by atoms with Crippen LogP contribution >= 0.6 is 0 Å². The topological polar surface area (TPSA) is 177 Å². The van der Waals surface area contributed by atoms with E-state index < -0.39 is 65.9 Å². The monoisotopic (exact) mass is 653 g/mol. The van der Waals surface area contributed by atoms with Crippen molar-refractivity contribution in [1.29, 1.82) is 0 Å². The number of amides is 1. The molecular formula is C36H47NO10. The first-order valence-corrected chi connectivity index (χ1v) is 16.8. The molecule has 11 heteroatoms. The third kappa shape index (κ3) is 6.41. The fourth-order valence-electron chi connectivity index (χ4n) is 9.29. The number of carbonyl (C=O) groups excluding carboxylic acids is 5. The molecule has 4 aliphatic carbocycles. The van der Waals surface area contributed by atoms with Crippen LogP contribution in [0.25, 0.3) is 0 Å². The second kappa shape index (κ2) is 13.6. The number of allylic oxidation sites excluding steroid dienone is 1. The number of nitrogens with one attached hydrogen (secondary N) is 1. The number of aliphatic hydroxyl groups is 3. The Morgan fingerprint density at radius 2 is 1.74 bits per heavy atom. The highest BCUT2D eigenvalue weighted by Crippen LogP contribution is 2.67. The zero-order valence-electron chi connectivity index (χ0n) is 27.4. The van der Waals surface area contributed by atoms with Gasteiger partial charge in [-0.15, -0.1) is 0 Å². The molecule has 0 radical (unpaired) electrons. The van der Waals surface area contributed by atoms with Crippen LogP contribution in [-0.2, 0) is 33.4 Å². The Morgan fingerprint density at radius 3 is 2.45 bits per heavy atom. The van der Waals surface area contributed by atoms with E-state index in [4.69, 9.17) is 9.47 Å². The molecule has 0 bridgehead atoms. The molecule has 1 aromatic rings. The summed E-state index contributed by atoms with van der Waals surface area (Å²) in [6.45, 7) is 4.97. The summed E-state index contributed by atoms with van der Waals surface area (Å²) < 4.78 is 10.2. The Balaban J connectivity index is 1.17. The zero-order chi connectivity index (χ0) is 34.1. The van der Waals surface area contributed by atoms with Gasteiger partial charge in [0.1, 0.15) is 11.7 Å². The summed E-state index contributed by atoms with van der Waals surface area (Å²) >= 11 is 0. The zero-order valence-corrected chi connectivity index (χ0v) is 27.4. The van der Waals surface area contributed by atoms with Crippen LogP contribution in [0.2, 0.25) is 0 Å². The fourth-order valence-corrected chi connectivity index (χ4v) is 9.29. The predicted octanol–water partition coefficient (Wildman–Crippen LogP) is 2.89. The van der Waals surface area contributed by atoms with E-state index in [-0.39, 0.29) is 54.8 Å². The van der Waals surface area contributed by atoms with Gasteiger partial charge in [-0.1, -0.05) is 49.8 Å². The summed E-state index contributed by atoms with van der Waals surface area (Å²) in [5, 5.41) is 36.6. The molecule has 0 spiro atoms. The van der Waals surface area contributed by atoms with Crippen LogP contribution in [0.5, 0.6) is 0 Å². The number of hydrogen-bond acceptors (Lipinski definition) is 10.